The Morgan fingerprint density at radius 2 is 1.86 bits per heavy atom. The third-order valence-corrected chi connectivity index (χ3v) is 16.5. The highest BCUT2D eigenvalue weighted by Crippen LogP contribution is 2.89. The predicted molar refractivity (Wildman–Crippen MR) is 186 cm³/mol. The van der Waals surface area contributed by atoms with Gasteiger partial charge in [-0.25, -0.2) is 4.98 Å². The van der Waals surface area contributed by atoms with Crippen molar-refractivity contribution in [2.24, 2.45) is 50.7 Å². The van der Waals surface area contributed by atoms with Gasteiger partial charge in [0, 0.05) is 31.0 Å². The maximum absolute atomic E-state index is 12.6. The third-order valence-electron chi connectivity index (χ3n) is 16.5. The zero-order valence-electron chi connectivity index (χ0n) is 31.5. The standard InChI is InChI=1S/C40H65N3O6/c1-9-46-34(36(5,6)45)25-20-24(2)31-32(48-25)33(44)38(8)27-11-10-26-35(3,4)28(12-13-39(26)23-40(27,39)15-14-37(31,38)7)49-30-22-43(18-19-47-30)21-29-41-16-17-42-29/h16-17,24-28,30-34,44-45H,9-15,18-23H2,1-8H3,(H,41,42)/t24-,25-,26+,27+,28+,30+,31+,32+,33+,34+,37-,38-,39?,40+/m1/s1. The summed E-state index contributed by atoms with van der Waals surface area (Å²) in [5.41, 5.74) is -0.520. The van der Waals surface area contributed by atoms with Gasteiger partial charge in [0.05, 0.1) is 49.7 Å². The Kier molecular flexibility index (Phi) is 8.36. The molecule has 2 spiro atoms. The minimum Gasteiger partial charge on any atom is -0.390 e. The molecule has 9 nitrogen and oxygen atoms in total. The minimum atomic E-state index is -1.02. The zero-order valence-corrected chi connectivity index (χ0v) is 31.5. The molecule has 0 aromatic carbocycles. The number of ether oxygens (including phenoxy) is 4. The van der Waals surface area contributed by atoms with E-state index in [-0.39, 0.29) is 40.8 Å². The number of fused-ring (bicyclic) bond motifs is 4. The molecule has 3 heterocycles. The number of nitrogens with one attached hydrogen (secondary N) is 1. The first-order valence-corrected chi connectivity index (χ1v) is 19.8. The topological polar surface area (TPSA) is 109 Å². The molecular formula is C40H65N3O6. The van der Waals surface area contributed by atoms with Crippen LogP contribution in [0, 0.1) is 50.7 Å². The number of H-pyrrole nitrogens is 1. The van der Waals surface area contributed by atoms with Gasteiger partial charge in [0.2, 0.25) is 0 Å². The van der Waals surface area contributed by atoms with Crippen LogP contribution in [0.3, 0.4) is 0 Å². The Labute approximate surface area is 294 Å². The van der Waals surface area contributed by atoms with E-state index >= 15 is 0 Å². The van der Waals surface area contributed by atoms with Gasteiger partial charge in [-0.1, -0.05) is 34.6 Å². The van der Waals surface area contributed by atoms with Crippen LogP contribution < -0.4 is 0 Å². The highest BCUT2D eigenvalue weighted by atomic mass is 16.7. The number of aromatic nitrogens is 2. The number of rotatable bonds is 8. The SMILES string of the molecule is CCO[C@@H]([C@H]1C[C@@H](C)[C@H]2[C@H](O1)[C@H](O)[C@@]1(C)[C@@H]3CC[C@H]4C(C)(C)[C@@H](O[C@H]5CN(Cc6ncc[nH]6)CCO5)CCC45C[C@@]35CC[C@]21C)C(C)(C)O. The van der Waals surface area contributed by atoms with E-state index in [4.69, 9.17) is 18.9 Å². The molecular weight excluding hydrogens is 618 g/mol. The van der Waals surface area contributed by atoms with Gasteiger partial charge in [-0.05, 0) is 117 Å². The average molecular weight is 684 g/mol. The summed E-state index contributed by atoms with van der Waals surface area (Å²) in [5.74, 6) is 2.79. The van der Waals surface area contributed by atoms with Crippen LogP contribution >= 0.6 is 0 Å². The highest BCUT2D eigenvalue weighted by molar-refractivity contribution is 5.33. The smallest absolute Gasteiger partial charge is 0.170 e. The fraction of sp³-hybridized carbons (Fsp3) is 0.925. The molecule has 0 amide bonds. The van der Waals surface area contributed by atoms with Gasteiger partial charge >= 0.3 is 0 Å². The maximum atomic E-state index is 12.6. The Morgan fingerprint density at radius 1 is 1.10 bits per heavy atom. The maximum Gasteiger partial charge on any atom is 0.170 e. The molecule has 1 unspecified atom stereocenters. The number of morpholine rings is 1. The molecule has 5 aliphatic carbocycles. The summed E-state index contributed by atoms with van der Waals surface area (Å²) in [6, 6.07) is 0. The Hall–Kier alpha value is -1.07. The summed E-state index contributed by atoms with van der Waals surface area (Å²) in [6.07, 6.45) is 11.6. The number of hydrogen-bond donors (Lipinski definition) is 3. The van der Waals surface area contributed by atoms with Crippen molar-refractivity contribution in [3.8, 4) is 0 Å². The van der Waals surface area contributed by atoms with E-state index < -0.39 is 17.8 Å². The van der Waals surface area contributed by atoms with Gasteiger partial charge in [0.25, 0.3) is 0 Å². The van der Waals surface area contributed by atoms with E-state index in [0.29, 0.717) is 47.7 Å². The molecule has 2 saturated heterocycles. The van der Waals surface area contributed by atoms with E-state index in [1.165, 1.54) is 32.1 Å². The molecule has 14 atom stereocenters. The summed E-state index contributed by atoms with van der Waals surface area (Å²) in [7, 11) is 0. The number of aromatic amines is 1. The van der Waals surface area contributed by atoms with Gasteiger partial charge in [0.15, 0.2) is 6.29 Å². The Balaban J connectivity index is 1.01. The lowest BCUT2D eigenvalue weighted by atomic mass is 9.41. The molecule has 2 aliphatic heterocycles. The number of nitrogens with zero attached hydrogens (tertiary/aromatic N) is 2. The van der Waals surface area contributed by atoms with E-state index in [0.717, 1.165) is 44.7 Å². The van der Waals surface area contributed by atoms with Crippen molar-refractivity contribution in [2.75, 3.05) is 26.3 Å². The molecule has 5 saturated carbocycles. The quantitative estimate of drug-likeness (QED) is 0.309. The average Bonchev–Trinajstić information content (AvgIpc) is 3.33. The van der Waals surface area contributed by atoms with Crippen LogP contribution in [0.4, 0.5) is 0 Å². The summed E-state index contributed by atoms with van der Waals surface area (Å²) in [6.45, 7) is 21.6. The van der Waals surface area contributed by atoms with E-state index in [1.807, 2.05) is 33.2 Å². The van der Waals surface area contributed by atoms with Crippen molar-refractivity contribution in [3.63, 3.8) is 0 Å². The number of aliphatic hydroxyl groups excluding tert-OH is 1. The van der Waals surface area contributed by atoms with Crippen LogP contribution in [-0.4, -0.2) is 93.8 Å². The van der Waals surface area contributed by atoms with Gasteiger partial charge in [-0.2, -0.15) is 0 Å². The van der Waals surface area contributed by atoms with Gasteiger partial charge in [0.1, 0.15) is 11.9 Å². The second-order valence-corrected chi connectivity index (χ2v) is 19.3. The van der Waals surface area contributed by atoms with E-state index in [1.54, 1.807) is 0 Å². The minimum absolute atomic E-state index is 0.0134. The second kappa shape index (κ2) is 11.7. The molecule has 9 heteroatoms. The van der Waals surface area contributed by atoms with Crippen LogP contribution in [0.1, 0.15) is 113 Å². The largest absolute Gasteiger partial charge is 0.390 e. The van der Waals surface area contributed by atoms with Crippen molar-refractivity contribution in [1.82, 2.24) is 14.9 Å². The molecule has 0 bridgehead atoms. The molecule has 7 aliphatic rings. The molecule has 8 rings (SSSR count). The second-order valence-electron chi connectivity index (χ2n) is 19.3. The normalized spacial score (nSPS) is 49.6. The van der Waals surface area contributed by atoms with Crippen molar-refractivity contribution >= 4 is 0 Å². The monoisotopic (exact) mass is 683 g/mol. The fourth-order valence-electron chi connectivity index (χ4n) is 14.4. The van der Waals surface area contributed by atoms with Gasteiger partial charge in [-0.15, -0.1) is 0 Å². The lowest BCUT2D eigenvalue weighted by Gasteiger charge is -2.64. The summed E-state index contributed by atoms with van der Waals surface area (Å²) in [4.78, 5) is 10.1. The summed E-state index contributed by atoms with van der Waals surface area (Å²) >= 11 is 0. The molecule has 3 N–H and O–H groups in total. The molecule has 276 valence electrons. The van der Waals surface area contributed by atoms with Crippen LogP contribution in [-0.2, 0) is 25.5 Å². The van der Waals surface area contributed by atoms with Crippen LogP contribution in [0.25, 0.3) is 0 Å². The van der Waals surface area contributed by atoms with Crippen molar-refractivity contribution in [3.05, 3.63) is 18.2 Å². The van der Waals surface area contributed by atoms with Crippen LogP contribution in [0.15, 0.2) is 12.4 Å². The lowest BCUT2D eigenvalue weighted by Crippen LogP contribution is -2.60. The lowest BCUT2D eigenvalue weighted by molar-refractivity contribution is -0.249. The number of hydrogen-bond acceptors (Lipinski definition) is 8. The number of imidazole rings is 1. The van der Waals surface area contributed by atoms with E-state index in [9.17, 15) is 10.2 Å². The van der Waals surface area contributed by atoms with Gasteiger partial charge < -0.3 is 34.1 Å². The third kappa shape index (κ3) is 4.91. The first-order valence-electron chi connectivity index (χ1n) is 19.8. The summed E-state index contributed by atoms with van der Waals surface area (Å²) in [5, 5.41) is 23.7. The molecule has 7 fully saturated rings. The van der Waals surface area contributed by atoms with Crippen LogP contribution in [0.5, 0.6) is 0 Å². The van der Waals surface area contributed by atoms with Crippen molar-refractivity contribution in [1.29, 1.82) is 0 Å². The van der Waals surface area contributed by atoms with E-state index in [2.05, 4.69) is 49.5 Å². The highest BCUT2D eigenvalue weighted by Gasteiger charge is 2.84. The molecule has 0 radical (unpaired) electrons. The van der Waals surface area contributed by atoms with Crippen molar-refractivity contribution < 1.29 is 29.2 Å². The molecule has 1 aromatic heterocycles. The zero-order chi connectivity index (χ0) is 34.8. The number of aliphatic hydroxyl groups is 2. The predicted octanol–water partition coefficient (Wildman–Crippen LogP) is 5.94. The Bertz CT molecular complexity index is 1370. The molecule has 1 aromatic rings. The first-order chi connectivity index (χ1) is 23.1. The summed E-state index contributed by atoms with van der Waals surface area (Å²) < 4.78 is 26.3. The Morgan fingerprint density at radius 3 is 2.57 bits per heavy atom. The fourth-order valence-corrected chi connectivity index (χ4v) is 14.4. The molecule has 49 heavy (non-hydrogen) atoms. The van der Waals surface area contributed by atoms with Crippen molar-refractivity contribution in [2.45, 2.75) is 156 Å². The van der Waals surface area contributed by atoms with Gasteiger partial charge in [-0.3, -0.25) is 4.90 Å². The van der Waals surface area contributed by atoms with Crippen LogP contribution in [0.2, 0.25) is 0 Å². The first kappa shape index (κ1) is 35.0.